The molecular formula is C42H26S2. The summed E-state index contributed by atoms with van der Waals surface area (Å²) in [6.45, 7) is 8.01. The van der Waals surface area contributed by atoms with Crippen molar-refractivity contribution in [2.45, 2.75) is 0 Å². The molecule has 0 saturated carbocycles. The molecule has 9 aromatic rings. The molecule has 2 heteroatoms. The summed E-state index contributed by atoms with van der Waals surface area (Å²) in [4.78, 5) is 0. The van der Waals surface area contributed by atoms with Gasteiger partial charge in [-0.2, -0.15) is 0 Å². The van der Waals surface area contributed by atoms with Crippen LogP contribution in [0.4, 0.5) is 0 Å². The van der Waals surface area contributed by atoms with Crippen LogP contribution in [0.15, 0.2) is 134 Å². The molecule has 0 aliphatic heterocycles. The van der Waals surface area contributed by atoms with E-state index in [0.717, 1.165) is 11.1 Å². The average molecular weight is 595 g/mol. The van der Waals surface area contributed by atoms with E-state index in [0.29, 0.717) is 0 Å². The molecule has 0 bridgehead atoms. The highest BCUT2D eigenvalue weighted by atomic mass is 32.1. The van der Waals surface area contributed by atoms with Crippen molar-refractivity contribution in [3.63, 3.8) is 0 Å². The molecule has 0 amide bonds. The van der Waals surface area contributed by atoms with E-state index in [1.54, 1.807) is 0 Å². The Morgan fingerprint density at radius 1 is 0.364 bits per heavy atom. The van der Waals surface area contributed by atoms with E-state index in [1.165, 1.54) is 84.1 Å². The molecule has 0 N–H and O–H groups in total. The first-order valence-electron chi connectivity index (χ1n) is 14.8. The lowest BCUT2D eigenvalue weighted by Gasteiger charge is -2.18. The molecule has 9 rings (SSSR count). The smallest absolute Gasteiger partial charge is 0.0355 e. The predicted octanol–water partition coefficient (Wildman–Crippen LogP) is 13.3. The van der Waals surface area contributed by atoms with Gasteiger partial charge < -0.3 is 0 Å². The Labute approximate surface area is 263 Å². The second kappa shape index (κ2) is 9.75. The quantitative estimate of drug-likeness (QED) is 0.178. The van der Waals surface area contributed by atoms with Crippen LogP contribution in [0.2, 0.25) is 0 Å². The molecule has 0 atom stereocenters. The monoisotopic (exact) mass is 594 g/mol. The van der Waals surface area contributed by atoms with Crippen LogP contribution in [0.1, 0.15) is 11.1 Å². The van der Waals surface area contributed by atoms with E-state index in [9.17, 15) is 0 Å². The zero-order valence-corrected chi connectivity index (χ0v) is 25.6. The number of benzene rings is 7. The summed E-state index contributed by atoms with van der Waals surface area (Å²) in [5.74, 6) is 0. The molecule has 2 aromatic heterocycles. The Bertz CT molecular complexity index is 2400. The number of hydrogen-bond acceptors (Lipinski definition) is 2. The minimum absolute atomic E-state index is 1.15. The molecule has 206 valence electrons. The van der Waals surface area contributed by atoms with Crippen molar-refractivity contribution in [3.05, 3.63) is 146 Å². The van der Waals surface area contributed by atoms with Crippen LogP contribution in [0, 0.1) is 0 Å². The van der Waals surface area contributed by atoms with Gasteiger partial charge in [0.05, 0.1) is 0 Å². The van der Waals surface area contributed by atoms with Crippen molar-refractivity contribution in [1.82, 2.24) is 0 Å². The molecule has 0 nitrogen and oxygen atoms in total. The van der Waals surface area contributed by atoms with Crippen LogP contribution in [-0.2, 0) is 0 Å². The van der Waals surface area contributed by atoms with Gasteiger partial charge in [-0.3, -0.25) is 0 Å². The Hall–Kier alpha value is -5.02. The first kappa shape index (κ1) is 25.5. The average Bonchev–Trinajstić information content (AvgIpc) is 3.63. The second-order valence-electron chi connectivity index (χ2n) is 11.4. The SMILES string of the molecule is C=Cc1ccc2sc3ccc(-c4c5ccccc5c(-c5ccc6sc7ccc(C=C)cc7c6c5)c5ccccc45)cc3c2c1. The highest BCUT2D eigenvalue weighted by molar-refractivity contribution is 7.26. The summed E-state index contributed by atoms with van der Waals surface area (Å²) in [5, 5.41) is 10.3. The van der Waals surface area contributed by atoms with Crippen LogP contribution in [0.3, 0.4) is 0 Å². The van der Waals surface area contributed by atoms with Gasteiger partial charge in [-0.1, -0.05) is 98.1 Å². The molecule has 0 spiro atoms. The van der Waals surface area contributed by atoms with E-state index in [2.05, 4.69) is 134 Å². The van der Waals surface area contributed by atoms with Crippen LogP contribution >= 0.6 is 22.7 Å². The standard InChI is InChI=1S/C42H26S2/c1-3-25-13-17-37-33(21-25)35-23-27(15-19-39(35)43-37)41-29-9-5-7-11-31(29)42(32-12-8-6-10-30(32)41)28-16-20-40-36(24-28)34-22-26(4-2)14-18-38(34)44-40/h3-24H,1-2H2. The van der Waals surface area contributed by atoms with Crippen molar-refractivity contribution in [2.75, 3.05) is 0 Å². The van der Waals surface area contributed by atoms with Gasteiger partial charge in [0.1, 0.15) is 0 Å². The van der Waals surface area contributed by atoms with E-state index in [1.807, 2.05) is 34.8 Å². The summed E-state index contributed by atoms with van der Waals surface area (Å²) < 4.78 is 5.24. The zero-order chi connectivity index (χ0) is 29.4. The second-order valence-corrected chi connectivity index (χ2v) is 13.6. The fourth-order valence-electron chi connectivity index (χ4n) is 6.91. The van der Waals surface area contributed by atoms with E-state index < -0.39 is 0 Å². The molecule has 0 saturated heterocycles. The van der Waals surface area contributed by atoms with Gasteiger partial charge in [-0.25, -0.2) is 0 Å². The molecule has 0 fully saturated rings. The molecule has 0 radical (unpaired) electrons. The van der Waals surface area contributed by atoms with Crippen LogP contribution in [0.5, 0.6) is 0 Å². The number of hydrogen-bond donors (Lipinski definition) is 0. The maximum absolute atomic E-state index is 4.01. The third-order valence-corrected chi connectivity index (χ3v) is 11.3. The normalized spacial score (nSPS) is 11.8. The van der Waals surface area contributed by atoms with Gasteiger partial charge in [0, 0.05) is 40.3 Å². The van der Waals surface area contributed by atoms with Gasteiger partial charge in [-0.05, 0) is 103 Å². The fraction of sp³-hybridized carbons (Fsp3) is 0. The fourth-order valence-corrected chi connectivity index (χ4v) is 9.04. The minimum atomic E-state index is 1.15. The van der Waals surface area contributed by atoms with Crippen LogP contribution in [-0.4, -0.2) is 0 Å². The Balaban J connectivity index is 1.35. The summed E-state index contributed by atoms with van der Waals surface area (Å²) in [6.07, 6.45) is 3.86. The van der Waals surface area contributed by atoms with Gasteiger partial charge in [-0.15, -0.1) is 22.7 Å². The number of rotatable bonds is 4. The van der Waals surface area contributed by atoms with E-state index >= 15 is 0 Å². The lowest BCUT2D eigenvalue weighted by Crippen LogP contribution is -1.90. The van der Waals surface area contributed by atoms with Crippen molar-refractivity contribution in [1.29, 1.82) is 0 Å². The molecule has 7 aromatic carbocycles. The van der Waals surface area contributed by atoms with Crippen LogP contribution < -0.4 is 0 Å². The summed E-state index contributed by atoms with van der Waals surface area (Å²) in [7, 11) is 0. The minimum Gasteiger partial charge on any atom is -0.135 e. The first-order chi connectivity index (χ1) is 21.7. The Morgan fingerprint density at radius 2 is 0.705 bits per heavy atom. The highest BCUT2D eigenvalue weighted by Crippen LogP contribution is 2.46. The zero-order valence-electron chi connectivity index (χ0n) is 23.9. The third kappa shape index (κ3) is 3.75. The van der Waals surface area contributed by atoms with Gasteiger partial charge in [0.15, 0.2) is 0 Å². The van der Waals surface area contributed by atoms with Gasteiger partial charge >= 0.3 is 0 Å². The van der Waals surface area contributed by atoms with E-state index in [4.69, 9.17) is 0 Å². The Morgan fingerprint density at radius 3 is 1.07 bits per heavy atom. The van der Waals surface area contributed by atoms with Crippen molar-refractivity contribution in [2.24, 2.45) is 0 Å². The van der Waals surface area contributed by atoms with Crippen LogP contribution in [0.25, 0.3) is 96.3 Å². The summed E-state index contributed by atoms with van der Waals surface area (Å²) >= 11 is 3.71. The van der Waals surface area contributed by atoms with Crippen molar-refractivity contribution < 1.29 is 0 Å². The van der Waals surface area contributed by atoms with Gasteiger partial charge in [0.2, 0.25) is 0 Å². The lowest BCUT2D eigenvalue weighted by molar-refractivity contribution is 1.70. The van der Waals surface area contributed by atoms with Crippen molar-refractivity contribution >= 4 is 96.7 Å². The van der Waals surface area contributed by atoms with Crippen molar-refractivity contribution in [3.8, 4) is 22.3 Å². The molecular weight excluding hydrogens is 569 g/mol. The topological polar surface area (TPSA) is 0 Å². The molecule has 0 aliphatic carbocycles. The summed E-state index contributed by atoms with van der Waals surface area (Å²) in [6, 6.07) is 45.2. The molecule has 44 heavy (non-hydrogen) atoms. The molecule has 0 aliphatic rings. The Kier molecular flexibility index (Phi) is 5.65. The van der Waals surface area contributed by atoms with Gasteiger partial charge in [0.25, 0.3) is 0 Å². The highest BCUT2D eigenvalue weighted by Gasteiger charge is 2.18. The molecule has 2 heterocycles. The third-order valence-electron chi connectivity index (χ3n) is 8.97. The predicted molar refractivity (Wildman–Crippen MR) is 198 cm³/mol. The maximum Gasteiger partial charge on any atom is 0.0355 e. The van der Waals surface area contributed by atoms with E-state index in [-0.39, 0.29) is 0 Å². The first-order valence-corrected chi connectivity index (χ1v) is 16.5. The largest absolute Gasteiger partial charge is 0.135 e. The lowest BCUT2D eigenvalue weighted by atomic mass is 9.85. The molecule has 0 unspecified atom stereocenters. The summed E-state index contributed by atoms with van der Waals surface area (Å²) in [5.41, 5.74) is 7.38. The maximum atomic E-state index is 4.01. The number of fused-ring (bicyclic) bond motifs is 8. The number of thiophene rings is 2.